The number of hydrogen-bond acceptors (Lipinski definition) is 6. The molecule has 0 unspecified atom stereocenters. The maximum atomic E-state index is 12.9. The molecule has 34 heavy (non-hydrogen) atoms. The van der Waals surface area contributed by atoms with E-state index < -0.39 is 13.9 Å². The van der Waals surface area contributed by atoms with Gasteiger partial charge in [-0.1, -0.05) is 30.3 Å². The molecule has 3 aromatic heterocycles. The average Bonchev–Trinajstić information content (AvgIpc) is 3.48. The lowest BCUT2D eigenvalue weighted by Gasteiger charge is -2.08. The van der Waals surface area contributed by atoms with Crippen LogP contribution in [-0.4, -0.2) is 45.2 Å². The largest absolute Gasteiger partial charge is 0.345 e. The lowest BCUT2D eigenvalue weighted by Crippen LogP contribution is -2.13. The number of hydrogen-bond donors (Lipinski definition) is 4. The Morgan fingerprint density at radius 3 is 2.59 bits per heavy atom. The zero-order valence-electron chi connectivity index (χ0n) is 17.5. The Balaban J connectivity index is 1.40. The second-order valence-electron chi connectivity index (χ2n) is 7.52. The molecular formula is C22H18N7O4P. The molecule has 11 nitrogen and oxygen atoms in total. The third-order valence-electron chi connectivity index (χ3n) is 5.05. The number of nitrogens with zero attached hydrogens (tertiary/aromatic N) is 5. The van der Waals surface area contributed by atoms with Crippen molar-refractivity contribution in [1.82, 2.24) is 29.5 Å². The van der Waals surface area contributed by atoms with E-state index in [1.165, 1.54) is 23.5 Å². The van der Waals surface area contributed by atoms with Crippen molar-refractivity contribution in [1.29, 1.82) is 0 Å². The Labute approximate surface area is 192 Å². The topological polar surface area (TPSA) is 159 Å². The van der Waals surface area contributed by atoms with E-state index in [0.717, 1.165) is 16.7 Å². The Morgan fingerprint density at radius 1 is 1.00 bits per heavy atom. The van der Waals surface area contributed by atoms with Crippen molar-refractivity contribution in [3.63, 3.8) is 0 Å². The number of aromatic nitrogens is 6. The molecule has 0 aliphatic carbocycles. The number of H-pyrrole nitrogens is 1. The van der Waals surface area contributed by atoms with Gasteiger partial charge in [0.2, 0.25) is 0 Å². The van der Waals surface area contributed by atoms with Gasteiger partial charge in [-0.15, -0.1) is 0 Å². The molecule has 5 aromatic rings. The fourth-order valence-electron chi connectivity index (χ4n) is 3.54. The zero-order chi connectivity index (χ0) is 23.7. The van der Waals surface area contributed by atoms with E-state index in [4.69, 9.17) is 9.79 Å². The van der Waals surface area contributed by atoms with E-state index in [9.17, 15) is 9.36 Å². The number of benzene rings is 2. The Morgan fingerprint density at radius 2 is 1.76 bits per heavy atom. The third kappa shape index (κ3) is 4.62. The van der Waals surface area contributed by atoms with Crippen molar-refractivity contribution in [2.24, 2.45) is 0 Å². The van der Waals surface area contributed by atoms with E-state index in [2.05, 4.69) is 30.2 Å². The molecule has 0 saturated carbocycles. The first kappa shape index (κ1) is 21.7. The van der Waals surface area contributed by atoms with Gasteiger partial charge in [0.15, 0.2) is 11.5 Å². The molecule has 2 aromatic carbocycles. The summed E-state index contributed by atoms with van der Waals surface area (Å²) in [6.07, 6.45) is 5.35. The van der Waals surface area contributed by atoms with Crippen molar-refractivity contribution < 1.29 is 19.1 Å². The van der Waals surface area contributed by atoms with Crippen molar-refractivity contribution in [2.75, 3.05) is 5.32 Å². The van der Waals surface area contributed by atoms with Gasteiger partial charge in [0.25, 0.3) is 5.91 Å². The van der Waals surface area contributed by atoms with Crippen LogP contribution >= 0.6 is 7.60 Å². The lowest BCUT2D eigenvalue weighted by molar-refractivity contribution is 0.102. The number of aromatic amines is 1. The molecule has 0 atom stereocenters. The van der Waals surface area contributed by atoms with Gasteiger partial charge in [-0.3, -0.25) is 9.36 Å². The molecule has 4 N–H and O–H groups in total. The van der Waals surface area contributed by atoms with Crippen LogP contribution < -0.4 is 5.32 Å². The molecule has 170 valence electrons. The van der Waals surface area contributed by atoms with E-state index in [1.54, 1.807) is 24.4 Å². The van der Waals surface area contributed by atoms with Crippen molar-refractivity contribution in [3.8, 4) is 22.4 Å². The van der Waals surface area contributed by atoms with E-state index in [1.807, 2.05) is 30.3 Å². The van der Waals surface area contributed by atoms with Crippen LogP contribution in [0, 0.1) is 0 Å². The van der Waals surface area contributed by atoms with Gasteiger partial charge >= 0.3 is 7.60 Å². The number of nitrogens with one attached hydrogen (secondary N) is 2. The highest BCUT2D eigenvalue weighted by molar-refractivity contribution is 7.50. The van der Waals surface area contributed by atoms with Gasteiger partial charge in [-0.05, 0) is 29.3 Å². The predicted molar refractivity (Wildman–Crippen MR) is 125 cm³/mol. The average molecular weight is 475 g/mol. The number of rotatable bonds is 6. The molecule has 1 amide bonds. The maximum Gasteiger partial charge on any atom is 0.345 e. The Bertz CT molecular complexity index is 1560. The van der Waals surface area contributed by atoms with Crippen molar-refractivity contribution >= 4 is 30.5 Å². The highest BCUT2D eigenvalue weighted by Gasteiger charge is 2.15. The summed E-state index contributed by atoms with van der Waals surface area (Å²) in [5, 5.41) is 2.79. The summed E-state index contributed by atoms with van der Waals surface area (Å²) in [5.74, 6) is 0.00887. The summed E-state index contributed by atoms with van der Waals surface area (Å²) in [6.45, 7) is 0. The van der Waals surface area contributed by atoms with E-state index in [0.29, 0.717) is 28.2 Å². The second-order valence-corrected chi connectivity index (χ2v) is 9.13. The number of anilines is 1. The Kier molecular flexibility index (Phi) is 5.50. The quantitative estimate of drug-likeness (QED) is 0.272. The zero-order valence-corrected chi connectivity index (χ0v) is 18.4. The minimum atomic E-state index is -4.20. The molecule has 5 rings (SSSR count). The number of fused-ring (bicyclic) bond motifs is 1. The lowest BCUT2D eigenvalue weighted by atomic mass is 10.00. The fourth-order valence-corrected chi connectivity index (χ4v) is 4.12. The Hall–Kier alpha value is -4.18. The summed E-state index contributed by atoms with van der Waals surface area (Å²) in [5.41, 5.74) is 4.47. The van der Waals surface area contributed by atoms with E-state index >= 15 is 0 Å². The molecular weight excluding hydrogens is 457 g/mol. The highest BCUT2D eigenvalue weighted by atomic mass is 31.2. The van der Waals surface area contributed by atoms with Crippen LogP contribution in [0.3, 0.4) is 0 Å². The van der Waals surface area contributed by atoms with Gasteiger partial charge in [0.1, 0.15) is 18.1 Å². The highest BCUT2D eigenvalue weighted by Crippen LogP contribution is 2.37. The van der Waals surface area contributed by atoms with Crippen LogP contribution in [0.1, 0.15) is 10.4 Å². The van der Waals surface area contributed by atoms with Gasteiger partial charge in [0, 0.05) is 17.3 Å². The van der Waals surface area contributed by atoms with Gasteiger partial charge in [-0.25, -0.2) is 19.9 Å². The molecule has 0 fully saturated rings. The molecule has 0 spiro atoms. The number of amides is 1. The molecule has 0 radical (unpaired) electrons. The molecule has 0 bridgehead atoms. The van der Waals surface area contributed by atoms with Gasteiger partial charge in [0.05, 0.1) is 18.3 Å². The van der Waals surface area contributed by atoms with Crippen molar-refractivity contribution in [2.45, 2.75) is 6.29 Å². The van der Waals surface area contributed by atoms with Crippen LogP contribution in [0.4, 0.5) is 5.82 Å². The summed E-state index contributed by atoms with van der Waals surface area (Å²) >= 11 is 0. The molecule has 0 saturated heterocycles. The van der Waals surface area contributed by atoms with Crippen LogP contribution in [0.25, 0.3) is 33.5 Å². The standard InChI is InChI=1S/C22H18N7O4P/c30-22(28-21-19-20(24-10-23-19)25-11-26-21)17-6-2-4-15(8-17)14-3-1-5-16(7-14)18-9-29(12-27-18)13-34(31,32)33/h1-12H,13H2,(H2,31,32,33)(H2,23,24,25,26,28,30). The van der Waals surface area contributed by atoms with Crippen LogP contribution in [0.2, 0.25) is 0 Å². The number of carbonyl (C=O) groups is 1. The van der Waals surface area contributed by atoms with E-state index in [-0.39, 0.29) is 5.91 Å². The molecule has 0 aliphatic heterocycles. The second kappa shape index (κ2) is 8.64. The summed E-state index contributed by atoms with van der Waals surface area (Å²) in [4.78, 5) is 50.6. The maximum absolute atomic E-state index is 12.9. The van der Waals surface area contributed by atoms with Crippen LogP contribution in [0.15, 0.2) is 73.7 Å². The SMILES string of the molecule is O=C(Nc1ncnc2nc[nH]c12)c1cccc(-c2cccc(-c3cn(CP(=O)(O)O)cn3)c2)c1. The van der Waals surface area contributed by atoms with Crippen LogP contribution in [0.5, 0.6) is 0 Å². The first-order valence-corrected chi connectivity index (χ1v) is 11.9. The summed E-state index contributed by atoms with van der Waals surface area (Å²) in [6, 6.07) is 14.7. The third-order valence-corrected chi connectivity index (χ3v) is 5.75. The van der Waals surface area contributed by atoms with Crippen LogP contribution in [-0.2, 0) is 10.9 Å². The first-order chi connectivity index (χ1) is 16.4. The van der Waals surface area contributed by atoms with Gasteiger partial charge < -0.3 is 24.7 Å². The van der Waals surface area contributed by atoms with Gasteiger partial charge in [-0.2, -0.15) is 0 Å². The predicted octanol–water partition coefficient (Wildman–Crippen LogP) is 3.27. The normalized spacial score (nSPS) is 11.6. The fraction of sp³-hybridized carbons (Fsp3) is 0.0455. The summed E-state index contributed by atoms with van der Waals surface area (Å²) < 4.78 is 12.6. The number of imidazole rings is 2. The number of carbonyl (C=O) groups excluding carboxylic acids is 1. The smallest absolute Gasteiger partial charge is 0.340 e. The summed E-state index contributed by atoms with van der Waals surface area (Å²) in [7, 11) is -4.20. The van der Waals surface area contributed by atoms with Crippen molar-refractivity contribution in [3.05, 3.63) is 79.3 Å². The molecule has 12 heteroatoms. The monoisotopic (exact) mass is 475 g/mol. The minimum Gasteiger partial charge on any atom is -0.340 e. The first-order valence-electron chi connectivity index (χ1n) is 10.1. The minimum absolute atomic E-state index is 0.330. The molecule has 3 heterocycles. The molecule has 0 aliphatic rings.